The van der Waals surface area contributed by atoms with E-state index in [0.717, 1.165) is 35.9 Å². The first-order chi connectivity index (χ1) is 47.2. The van der Waals surface area contributed by atoms with Crippen LogP contribution in [-0.4, -0.2) is 190 Å². The molecule has 3 aliphatic rings. The molecule has 1 unspecified atom stereocenters. The van der Waals surface area contributed by atoms with Crippen molar-refractivity contribution in [3.8, 4) is 0 Å². The average molecular weight is 1380 g/mol. The number of carbonyl (C=O) groups is 10. The predicted molar refractivity (Wildman–Crippen MR) is 362 cm³/mol. The molecule has 2 aromatic heterocycles. The van der Waals surface area contributed by atoms with E-state index in [-0.39, 0.29) is 114 Å². The van der Waals surface area contributed by atoms with Gasteiger partial charge >= 0.3 is 6.03 Å². The highest BCUT2D eigenvalue weighted by molar-refractivity contribution is 8.00. The quantitative estimate of drug-likeness (QED) is 0.0274. The van der Waals surface area contributed by atoms with Crippen molar-refractivity contribution in [2.24, 2.45) is 18.7 Å². The molecule has 0 radical (unpaired) electrons. The molecule has 10 atom stereocenters. The molecule has 2 fully saturated rings. The molecule has 8 rings (SSSR count). The normalized spacial score (nSPS) is 23.2. The van der Waals surface area contributed by atoms with Gasteiger partial charge in [0.25, 0.3) is 0 Å². The van der Waals surface area contributed by atoms with Crippen molar-refractivity contribution in [2.45, 2.75) is 164 Å². The second-order valence-corrected chi connectivity index (χ2v) is 26.6. The molecule has 28 nitrogen and oxygen atoms in total. The Morgan fingerprint density at radius 3 is 2.02 bits per heavy atom. The van der Waals surface area contributed by atoms with Crippen LogP contribution in [0, 0.1) is 11.7 Å². The summed E-state index contributed by atoms with van der Waals surface area (Å²) in [6.45, 7) is 6.05. The SMILES string of the molecule is CC(C)C[C@H]1NC(=O)[C@@H](C)NC(=O)[C@@H](NC(=O)COCCOCCOCCNC(=O)CCCCC2SC[C@H]3NC(=O)N[C@@H]23)Cc2cn(nn2)CCCC[C@@H](C(N)=O)NC(=O)[C@H](Cc2ccc(F)cc2)NC(=O)[C@H](Cc2cn(C)c3ccccc23)NC(=O)[C@@H](Cc2ccccc2)NC1=O. The predicted octanol–water partition coefficient (Wildman–Crippen LogP) is 1.20. The van der Waals surface area contributed by atoms with Gasteiger partial charge in [0.2, 0.25) is 53.2 Å². The summed E-state index contributed by atoms with van der Waals surface area (Å²) in [7, 11) is 1.83. The highest BCUT2D eigenvalue weighted by Crippen LogP contribution is 2.33. The molecule has 0 spiro atoms. The van der Waals surface area contributed by atoms with E-state index in [2.05, 4.69) is 63.5 Å². The van der Waals surface area contributed by atoms with Crippen molar-refractivity contribution in [3.05, 3.63) is 119 Å². The number of amides is 11. The Balaban J connectivity index is 0.924. The van der Waals surface area contributed by atoms with Gasteiger partial charge in [-0.15, -0.1) is 5.10 Å². The third-order valence-electron chi connectivity index (χ3n) is 17.1. The Hall–Kier alpha value is -9.00. The third kappa shape index (κ3) is 23.4. The van der Waals surface area contributed by atoms with Crippen LogP contribution in [0.25, 0.3) is 10.9 Å². The molecule has 0 aliphatic carbocycles. The van der Waals surface area contributed by atoms with Gasteiger partial charge in [0.15, 0.2) is 0 Å². The number of para-hydroxylation sites is 1. The van der Waals surface area contributed by atoms with Crippen molar-refractivity contribution in [1.29, 1.82) is 0 Å². The number of aryl methyl sites for hydroxylation is 2. The maximum Gasteiger partial charge on any atom is 0.315 e. The number of aromatic nitrogens is 4. The van der Waals surface area contributed by atoms with Crippen molar-refractivity contribution in [3.63, 3.8) is 0 Å². The van der Waals surface area contributed by atoms with E-state index in [1.165, 1.54) is 35.9 Å². The summed E-state index contributed by atoms with van der Waals surface area (Å²) in [6, 6.07) is 12.5. The minimum Gasteiger partial charge on any atom is -0.377 e. The summed E-state index contributed by atoms with van der Waals surface area (Å²) in [6.07, 6.45) is 6.65. The molecular formula is C68H92FN15O13S. The number of hydrogen-bond acceptors (Lipinski definition) is 16. The molecule has 2 saturated heterocycles. The van der Waals surface area contributed by atoms with Crippen LogP contribution in [0.2, 0.25) is 0 Å². The zero-order valence-electron chi connectivity index (χ0n) is 55.8. The Kier molecular flexibility index (Phi) is 28.7. The van der Waals surface area contributed by atoms with E-state index in [1.807, 2.05) is 67.7 Å². The van der Waals surface area contributed by atoms with E-state index < -0.39 is 102 Å². The van der Waals surface area contributed by atoms with Gasteiger partial charge in [-0.25, -0.2) is 9.18 Å². The largest absolute Gasteiger partial charge is 0.377 e. The van der Waals surface area contributed by atoms with Gasteiger partial charge in [0.05, 0.1) is 50.8 Å². The van der Waals surface area contributed by atoms with Crippen LogP contribution in [0.5, 0.6) is 0 Å². The number of carbonyl (C=O) groups excluding carboxylic acids is 10. The molecule has 11 amide bonds. The maximum atomic E-state index is 15.0. The molecule has 12 N–H and O–H groups in total. The first kappa shape index (κ1) is 74.8. The van der Waals surface area contributed by atoms with Crippen LogP contribution in [0.1, 0.15) is 94.5 Å². The molecule has 3 aliphatic heterocycles. The number of unbranched alkanes of at least 4 members (excludes halogenated alkanes) is 1. The fourth-order valence-electron chi connectivity index (χ4n) is 11.9. The number of nitrogens with two attached hydrogens (primary N) is 1. The molecule has 2 bridgehead atoms. The number of nitrogens with zero attached hydrogens (tertiary/aromatic N) is 4. The van der Waals surface area contributed by atoms with Gasteiger partial charge in [-0.2, -0.15) is 11.8 Å². The van der Waals surface area contributed by atoms with Crippen LogP contribution in [-0.2, 0) is 96.6 Å². The van der Waals surface area contributed by atoms with Gasteiger partial charge in [-0.3, -0.25) is 47.8 Å². The van der Waals surface area contributed by atoms with Crippen molar-refractivity contribution >= 4 is 81.9 Å². The van der Waals surface area contributed by atoms with E-state index in [1.54, 1.807) is 36.5 Å². The molecule has 30 heteroatoms. The lowest BCUT2D eigenvalue weighted by Crippen LogP contribution is -2.60. The number of urea groups is 1. The lowest BCUT2D eigenvalue weighted by Gasteiger charge is -2.28. The third-order valence-corrected chi connectivity index (χ3v) is 18.6. The first-order valence-corrected chi connectivity index (χ1v) is 34.5. The summed E-state index contributed by atoms with van der Waals surface area (Å²) in [4.78, 5) is 138. The first-order valence-electron chi connectivity index (χ1n) is 33.5. The average Bonchev–Trinajstić information content (AvgIpc) is 1.68. The number of thioether (sulfide) groups is 1. The lowest BCUT2D eigenvalue weighted by molar-refractivity contribution is -0.136. The van der Waals surface area contributed by atoms with Crippen LogP contribution in [0.3, 0.4) is 0 Å². The highest BCUT2D eigenvalue weighted by atomic mass is 32.2. The fraction of sp³-hybridized carbons (Fsp3) is 0.529. The zero-order chi connectivity index (χ0) is 70.1. The molecule has 530 valence electrons. The number of rotatable bonds is 26. The number of ether oxygens (including phenoxy) is 3. The Morgan fingerprint density at radius 2 is 1.32 bits per heavy atom. The van der Waals surface area contributed by atoms with Gasteiger partial charge in [-0.1, -0.05) is 86.1 Å². The fourth-order valence-corrected chi connectivity index (χ4v) is 13.5. The van der Waals surface area contributed by atoms with E-state index >= 15 is 9.59 Å². The Labute approximate surface area is 572 Å². The monoisotopic (exact) mass is 1380 g/mol. The van der Waals surface area contributed by atoms with Gasteiger partial charge in [-0.05, 0) is 86.3 Å². The van der Waals surface area contributed by atoms with Crippen molar-refractivity contribution in [1.82, 2.24) is 72.7 Å². The van der Waals surface area contributed by atoms with Crippen LogP contribution >= 0.6 is 11.8 Å². The minimum atomic E-state index is -1.41. The lowest BCUT2D eigenvalue weighted by atomic mass is 9.99. The second-order valence-electron chi connectivity index (χ2n) is 25.4. The number of hydrogen-bond donors (Lipinski definition) is 11. The topological polar surface area (TPSA) is 380 Å². The van der Waals surface area contributed by atoms with Crippen LogP contribution in [0.4, 0.5) is 9.18 Å². The molecule has 0 saturated carbocycles. The minimum absolute atomic E-state index is 0.00868. The number of benzene rings is 3. The van der Waals surface area contributed by atoms with Gasteiger partial charge < -0.3 is 77.7 Å². The van der Waals surface area contributed by atoms with Gasteiger partial charge in [0, 0.05) is 86.5 Å². The summed E-state index contributed by atoms with van der Waals surface area (Å²) in [5.74, 6) is -6.12. The Bertz CT molecular complexity index is 3520. The summed E-state index contributed by atoms with van der Waals surface area (Å²) in [5, 5.41) is 37.7. The maximum absolute atomic E-state index is 15.0. The summed E-state index contributed by atoms with van der Waals surface area (Å²) < 4.78 is 34.4. The van der Waals surface area contributed by atoms with Crippen molar-refractivity contribution in [2.75, 3.05) is 51.9 Å². The van der Waals surface area contributed by atoms with Gasteiger partial charge in [0.1, 0.15) is 54.7 Å². The molecule has 3 aromatic carbocycles. The zero-order valence-corrected chi connectivity index (χ0v) is 56.6. The van der Waals surface area contributed by atoms with Crippen LogP contribution < -0.4 is 58.9 Å². The summed E-state index contributed by atoms with van der Waals surface area (Å²) >= 11 is 1.85. The number of nitrogens with one attached hydrogen (secondary N) is 10. The second kappa shape index (κ2) is 37.7. The smallest absolute Gasteiger partial charge is 0.315 e. The van der Waals surface area contributed by atoms with E-state index in [9.17, 15) is 42.7 Å². The number of primary amides is 1. The molecular weight excluding hydrogens is 1290 g/mol. The van der Waals surface area contributed by atoms with Crippen molar-refractivity contribution < 1.29 is 66.5 Å². The Morgan fingerprint density at radius 1 is 0.684 bits per heavy atom. The molecule has 5 heterocycles. The van der Waals surface area contributed by atoms with E-state index in [4.69, 9.17) is 19.9 Å². The number of halogens is 1. The summed E-state index contributed by atoms with van der Waals surface area (Å²) in [5.41, 5.74) is 8.75. The standard InChI is InChI=1S/C68H92FN15O13S/c1-41(2)32-50-64(90)76-51(33-43-14-6-5-7-15-43)66(92)78-53(35-45-37-83(4)56-18-9-8-16-48(45)56)67(93)77-52(34-44-21-23-46(69)24-22-44)65(91)74-49(61(70)87)17-12-13-26-84-38-47(81-82-84)36-54(63(89)72-42(3)62(88)75-50)73-59(86)39-97-31-30-96-29-28-95-27-25-71-58(85)20-11-10-19-57-60-55(40-98-57)79-68(94)80-60/h5-9,14-16,18,21-24,37-38,41-42,49-55,57,60H,10-13,17,19-20,25-36,39-40H2,1-4H3,(H2,70,87)(H,71,85)(H,72,89)(H,73,86)(H,74,91)(H,75,88)(H,76,90)(H,77,93)(H,78,92)(H2,79,80,94)/t42-,49+,50-,51-,52+,53+,54+,55-,57?,60-/m1/s1. The molecule has 98 heavy (non-hydrogen) atoms. The molecule has 5 aromatic rings. The van der Waals surface area contributed by atoms with E-state index in [0.29, 0.717) is 47.7 Å². The number of fused-ring (bicyclic) bond motifs is 4. The highest BCUT2D eigenvalue weighted by Gasteiger charge is 2.43. The van der Waals surface area contributed by atoms with Crippen LogP contribution in [0.15, 0.2) is 91.3 Å².